The van der Waals surface area contributed by atoms with E-state index in [4.69, 9.17) is 0 Å². The van der Waals surface area contributed by atoms with Gasteiger partial charge >= 0.3 is 0 Å². The van der Waals surface area contributed by atoms with Crippen molar-refractivity contribution in [1.29, 1.82) is 0 Å². The van der Waals surface area contributed by atoms with Crippen LogP contribution in [0.1, 0.15) is 77.1 Å². The topological polar surface area (TPSA) is 0 Å². The van der Waals surface area contributed by atoms with Gasteiger partial charge in [0.25, 0.3) is 0 Å². The van der Waals surface area contributed by atoms with Gasteiger partial charge in [-0.1, -0.05) is 105 Å². The minimum atomic E-state index is -0.193. The molecule has 0 N–H and O–H groups in total. The smallest absolute Gasteiger partial charge is 0.0311 e. The molecule has 1 unspecified atom stereocenters. The molecule has 1 atom stereocenters. The van der Waals surface area contributed by atoms with Crippen LogP contribution in [0.2, 0.25) is 0 Å². The van der Waals surface area contributed by atoms with Crippen LogP contribution in [0, 0.1) is 0 Å². The molecule has 1 fully saturated rings. The van der Waals surface area contributed by atoms with Crippen molar-refractivity contribution in [3.63, 3.8) is 0 Å². The molecule has 4 rings (SSSR count). The molecule has 2 aromatic carbocycles. The molecule has 1 heteroatoms. The van der Waals surface area contributed by atoms with Crippen LogP contribution in [0.3, 0.4) is 0 Å². The van der Waals surface area contributed by atoms with Crippen molar-refractivity contribution in [3.05, 3.63) is 70.8 Å². The Labute approximate surface area is 161 Å². The quantitative estimate of drug-likeness (QED) is 0.473. The van der Waals surface area contributed by atoms with E-state index in [1.807, 2.05) is 0 Å². The Balaban J connectivity index is 1.96. The SMILES string of the molecule is CC(C)(C)P(C(C)(C)C)C1(C)CC12c1ccccc1Cc1ccccc12. The average molecular weight is 365 g/mol. The molecule has 138 valence electrons. The molecule has 0 radical (unpaired) electrons. The zero-order valence-electron chi connectivity index (χ0n) is 17.5. The van der Waals surface area contributed by atoms with Crippen molar-refractivity contribution < 1.29 is 0 Å². The van der Waals surface area contributed by atoms with Crippen LogP contribution in [0.15, 0.2) is 48.5 Å². The van der Waals surface area contributed by atoms with Gasteiger partial charge in [-0.2, -0.15) is 0 Å². The summed E-state index contributed by atoms with van der Waals surface area (Å²) >= 11 is 0. The Bertz CT molecular complexity index is 789. The molecule has 0 saturated heterocycles. The number of rotatable bonds is 1. The Morgan fingerprint density at radius 1 is 0.731 bits per heavy atom. The van der Waals surface area contributed by atoms with Crippen LogP contribution < -0.4 is 0 Å². The van der Waals surface area contributed by atoms with E-state index in [1.165, 1.54) is 6.42 Å². The van der Waals surface area contributed by atoms with Crippen LogP contribution >= 0.6 is 7.92 Å². The third-order valence-corrected chi connectivity index (χ3v) is 10.8. The summed E-state index contributed by atoms with van der Waals surface area (Å²) in [5.74, 6) is 0. The van der Waals surface area contributed by atoms with Gasteiger partial charge in [0.1, 0.15) is 0 Å². The van der Waals surface area contributed by atoms with Gasteiger partial charge in [0, 0.05) is 10.6 Å². The Hall–Kier alpha value is -1.13. The molecule has 2 aliphatic carbocycles. The summed E-state index contributed by atoms with van der Waals surface area (Å²) in [6, 6.07) is 18.5. The van der Waals surface area contributed by atoms with E-state index in [2.05, 4.69) is 97.0 Å². The maximum absolute atomic E-state index is 2.61. The van der Waals surface area contributed by atoms with Gasteiger partial charge in [-0.05, 0) is 45.4 Å². The van der Waals surface area contributed by atoms with Crippen molar-refractivity contribution in [2.24, 2.45) is 0 Å². The van der Waals surface area contributed by atoms with Crippen molar-refractivity contribution in [2.45, 2.75) is 82.2 Å². The monoisotopic (exact) mass is 364 g/mol. The number of fused-ring (bicyclic) bond motifs is 4. The molecule has 0 nitrogen and oxygen atoms in total. The standard InChI is InChI=1S/C25H33P/c1-22(2,3)26(23(4,5)6)24(7)17-25(24)20-14-10-8-12-18(20)16-19-13-9-11-15-21(19)25/h8-15H,16-17H2,1-7H3. The van der Waals surface area contributed by atoms with E-state index < -0.39 is 0 Å². The molecular formula is C25H33P. The van der Waals surface area contributed by atoms with Crippen molar-refractivity contribution >= 4 is 7.92 Å². The van der Waals surface area contributed by atoms with Crippen molar-refractivity contribution in [1.82, 2.24) is 0 Å². The summed E-state index contributed by atoms with van der Waals surface area (Å²) < 4.78 is 0. The molecule has 1 spiro atoms. The highest BCUT2D eigenvalue weighted by atomic mass is 31.1. The summed E-state index contributed by atoms with van der Waals surface area (Å²) in [6.45, 7) is 17.4. The average Bonchev–Trinajstić information content (AvgIpc) is 3.10. The van der Waals surface area contributed by atoms with Gasteiger partial charge in [0.05, 0.1) is 0 Å². The lowest BCUT2D eigenvalue weighted by atomic mass is 9.74. The first-order valence-corrected chi connectivity index (χ1v) is 11.3. The molecule has 2 aliphatic rings. The van der Waals surface area contributed by atoms with Crippen LogP contribution in [0.5, 0.6) is 0 Å². The maximum Gasteiger partial charge on any atom is 0.0311 e. The number of hydrogen-bond acceptors (Lipinski definition) is 0. The summed E-state index contributed by atoms with van der Waals surface area (Å²) in [5, 5.41) is 1.03. The summed E-state index contributed by atoms with van der Waals surface area (Å²) in [4.78, 5) is 0. The fourth-order valence-electron chi connectivity index (χ4n) is 6.53. The molecule has 0 aromatic heterocycles. The third kappa shape index (κ3) is 2.37. The molecule has 0 amide bonds. The fourth-order valence-corrected chi connectivity index (χ4v) is 12.5. The summed E-state index contributed by atoms with van der Waals surface area (Å²) in [7, 11) is -0.193. The Morgan fingerprint density at radius 2 is 1.15 bits per heavy atom. The Morgan fingerprint density at radius 3 is 1.58 bits per heavy atom. The summed E-state index contributed by atoms with van der Waals surface area (Å²) in [5.41, 5.74) is 6.54. The van der Waals surface area contributed by atoms with Gasteiger partial charge in [-0.3, -0.25) is 0 Å². The molecular weight excluding hydrogens is 331 g/mol. The molecule has 2 aromatic rings. The van der Waals surface area contributed by atoms with E-state index in [0.717, 1.165) is 6.42 Å². The van der Waals surface area contributed by atoms with Crippen molar-refractivity contribution in [2.75, 3.05) is 0 Å². The summed E-state index contributed by atoms with van der Waals surface area (Å²) in [6.07, 6.45) is 2.39. The zero-order chi connectivity index (χ0) is 19.0. The van der Waals surface area contributed by atoms with E-state index in [1.54, 1.807) is 22.3 Å². The Kier molecular flexibility index (Phi) is 3.82. The van der Waals surface area contributed by atoms with Crippen LogP contribution in [0.4, 0.5) is 0 Å². The molecule has 0 aliphatic heterocycles. The third-order valence-electron chi connectivity index (χ3n) is 6.57. The van der Waals surface area contributed by atoms with Crippen LogP contribution in [-0.4, -0.2) is 15.5 Å². The first-order valence-electron chi connectivity index (χ1n) is 9.99. The van der Waals surface area contributed by atoms with Gasteiger partial charge in [0.2, 0.25) is 0 Å². The maximum atomic E-state index is 2.61. The highest BCUT2D eigenvalue weighted by molar-refractivity contribution is 7.63. The minimum Gasteiger partial charge on any atom is -0.0882 e. The fraction of sp³-hybridized carbons (Fsp3) is 0.520. The first-order chi connectivity index (χ1) is 12.0. The normalized spacial score (nSPS) is 23.7. The zero-order valence-corrected chi connectivity index (χ0v) is 18.4. The second kappa shape index (κ2) is 5.45. The predicted molar refractivity (Wildman–Crippen MR) is 116 cm³/mol. The van der Waals surface area contributed by atoms with Crippen molar-refractivity contribution in [3.8, 4) is 0 Å². The highest BCUT2D eigenvalue weighted by Crippen LogP contribution is 2.84. The predicted octanol–water partition coefficient (Wildman–Crippen LogP) is 7.12. The van der Waals surface area contributed by atoms with E-state index in [9.17, 15) is 0 Å². The van der Waals surface area contributed by atoms with Gasteiger partial charge < -0.3 is 0 Å². The van der Waals surface area contributed by atoms with E-state index >= 15 is 0 Å². The highest BCUT2D eigenvalue weighted by Gasteiger charge is 2.73. The van der Waals surface area contributed by atoms with E-state index in [0.29, 0.717) is 15.5 Å². The lowest BCUT2D eigenvalue weighted by molar-refractivity contribution is 0.653. The molecule has 0 heterocycles. The molecule has 26 heavy (non-hydrogen) atoms. The van der Waals surface area contributed by atoms with Crippen LogP contribution in [-0.2, 0) is 11.8 Å². The first kappa shape index (κ1) is 18.2. The van der Waals surface area contributed by atoms with Crippen LogP contribution in [0.25, 0.3) is 0 Å². The minimum absolute atomic E-state index is 0.193. The lowest BCUT2D eigenvalue weighted by Gasteiger charge is -2.49. The molecule has 1 saturated carbocycles. The lowest BCUT2D eigenvalue weighted by Crippen LogP contribution is -2.37. The largest absolute Gasteiger partial charge is 0.0882 e. The second-order valence-corrected chi connectivity index (χ2v) is 14.9. The van der Waals surface area contributed by atoms with E-state index in [-0.39, 0.29) is 13.3 Å². The number of benzene rings is 2. The van der Waals surface area contributed by atoms with Gasteiger partial charge in [-0.25, -0.2) is 0 Å². The molecule has 0 bridgehead atoms. The van der Waals surface area contributed by atoms with Gasteiger partial charge in [-0.15, -0.1) is 0 Å². The number of hydrogen-bond donors (Lipinski definition) is 0. The van der Waals surface area contributed by atoms with Gasteiger partial charge in [0.15, 0.2) is 0 Å². The second-order valence-electron chi connectivity index (χ2n) is 10.5.